The van der Waals surface area contributed by atoms with Gasteiger partial charge < -0.3 is 23.5 Å². The van der Waals surface area contributed by atoms with Gasteiger partial charge in [-0.1, -0.05) is 13.8 Å². The topological polar surface area (TPSA) is 94.3 Å². The van der Waals surface area contributed by atoms with Gasteiger partial charge in [-0.25, -0.2) is 9.78 Å². The number of esters is 1. The van der Waals surface area contributed by atoms with Crippen LogP contribution in [0.15, 0.2) is 34.9 Å². The number of halogens is 3. The molecule has 0 aliphatic carbocycles. The Morgan fingerprint density at radius 2 is 1.79 bits per heavy atom. The molecule has 4 rings (SSSR count). The summed E-state index contributed by atoms with van der Waals surface area (Å²) in [5.74, 6) is -2.39. The van der Waals surface area contributed by atoms with Gasteiger partial charge in [-0.15, -0.1) is 0 Å². The van der Waals surface area contributed by atoms with Crippen molar-refractivity contribution < 1.29 is 41.4 Å². The molecular formula is C27H32F3N3O6. The lowest BCUT2D eigenvalue weighted by molar-refractivity contribution is -0.157. The van der Waals surface area contributed by atoms with Crippen molar-refractivity contribution in [2.24, 2.45) is 0 Å². The van der Waals surface area contributed by atoms with Crippen molar-refractivity contribution in [1.82, 2.24) is 14.8 Å². The second-order valence-electron chi connectivity index (χ2n) is 10.3. The van der Waals surface area contributed by atoms with Crippen LogP contribution in [-0.4, -0.2) is 78.8 Å². The molecule has 0 saturated carbocycles. The highest BCUT2D eigenvalue weighted by Crippen LogP contribution is 2.40. The first-order valence-corrected chi connectivity index (χ1v) is 12.7. The summed E-state index contributed by atoms with van der Waals surface area (Å²) in [4.78, 5) is 33.6. The molecule has 2 aliphatic heterocycles. The number of hydrogen-bond acceptors (Lipinski definition) is 8. The largest absolute Gasteiger partial charge is 0.492 e. The van der Waals surface area contributed by atoms with Crippen molar-refractivity contribution >= 4 is 17.4 Å². The Bertz CT molecular complexity index is 1210. The molecule has 1 saturated heterocycles. The zero-order valence-electron chi connectivity index (χ0n) is 22.3. The van der Waals surface area contributed by atoms with Crippen LogP contribution in [0.2, 0.25) is 0 Å². The van der Waals surface area contributed by atoms with Gasteiger partial charge in [0, 0.05) is 43.4 Å². The van der Waals surface area contributed by atoms with E-state index in [-0.39, 0.29) is 23.6 Å². The second kappa shape index (κ2) is 11.4. The number of hydrogen-bond donors (Lipinski definition) is 0. The summed E-state index contributed by atoms with van der Waals surface area (Å²) in [6.07, 6.45) is -4.21. The Morgan fingerprint density at radius 3 is 2.41 bits per heavy atom. The molecule has 3 heterocycles. The predicted molar refractivity (Wildman–Crippen MR) is 134 cm³/mol. The Kier molecular flexibility index (Phi) is 8.36. The van der Waals surface area contributed by atoms with E-state index in [0.29, 0.717) is 31.1 Å². The van der Waals surface area contributed by atoms with Gasteiger partial charge in [-0.3, -0.25) is 9.69 Å². The molecule has 1 fully saturated rings. The van der Waals surface area contributed by atoms with Gasteiger partial charge in [-0.2, -0.15) is 13.2 Å². The maximum Gasteiger partial charge on any atom is 0.468 e. The van der Waals surface area contributed by atoms with Crippen LogP contribution >= 0.6 is 0 Å². The minimum absolute atomic E-state index is 0.0679. The molecule has 1 aromatic heterocycles. The molecule has 9 nitrogen and oxygen atoms in total. The van der Waals surface area contributed by atoms with E-state index in [1.165, 1.54) is 11.1 Å². The molecule has 2 aliphatic rings. The van der Waals surface area contributed by atoms with Crippen molar-refractivity contribution in [3.63, 3.8) is 0 Å². The molecular weight excluding hydrogens is 519 g/mol. The van der Waals surface area contributed by atoms with E-state index in [2.05, 4.69) is 9.88 Å². The van der Waals surface area contributed by atoms with E-state index >= 15 is 0 Å². The smallest absolute Gasteiger partial charge is 0.468 e. The standard InChI is InChI=1S/C27H32F3N3O6/c1-17(2)38-24(35)20-15-33(16-26(3,4)22-21(20)31-25(39-22)27(28,29)30)23(34)18-5-7-19(8-6-18)37-14-11-32-9-12-36-13-10-32/h5-8,15,17H,9-14,16H2,1-4H3. The molecule has 1 amide bonds. The Labute approximate surface area is 224 Å². The molecule has 0 spiro atoms. The highest BCUT2D eigenvalue weighted by atomic mass is 19.4. The van der Waals surface area contributed by atoms with Gasteiger partial charge in [-0.05, 0) is 38.1 Å². The van der Waals surface area contributed by atoms with E-state index in [4.69, 9.17) is 18.6 Å². The third kappa shape index (κ3) is 6.80. The van der Waals surface area contributed by atoms with E-state index in [1.807, 2.05) is 0 Å². The Balaban J connectivity index is 1.57. The third-order valence-electron chi connectivity index (χ3n) is 6.29. The van der Waals surface area contributed by atoms with E-state index in [0.717, 1.165) is 19.6 Å². The number of aromatic nitrogens is 1. The summed E-state index contributed by atoms with van der Waals surface area (Å²) >= 11 is 0. The summed E-state index contributed by atoms with van der Waals surface area (Å²) in [7, 11) is 0. The number of morpholine rings is 1. The maximum absolute atomic E-state index is 13.5. The number of carbonyl (C=O) groups is 2. The number of nitrogens with zero attached hydrogens (tertiary/aromatic N) is 3. The number of oxazole rings is 1. The lowest BCUT2D eigenvalue weighted by Gasteiger charge is -2.27. The van der Waals surface area contributed by atoms with Crippen LogP contribution in [0.5, 0.6) is 5.75 Å². The van der Waals surface area contributed by atoms with Crippen molar-refractivity contribution in [2.45, 2.75) is 45.4 Å². The molecule has 0 atom stereocenters. The summed E-state index contributed by atoms with van der Waals surface area (Å²) in [6.45, 7) is 10.7. The average molecular weight is 552 g/mol. The lowest BCUT2D eigenvalue weighted by Crippen LogP contribution is -2.38. The number of rotatable bonds is 7. The molecule has 12 heteroatoms. The molecule has 0 N–H and O–H groups in total. The van der Waals surface area contributed by atoms with Crippen molar-refractivity contribution in [3.05, 3.63) is 53.4 Å². The van der Waals surface area contributed by atoms with Crippen LogP contribution in [0.4, 0.5) is 13.2 Å². The molecule has 2 aromatic rings. The third-order valence-corrected chi connectivity index (χ3v) is 6.29. The number of carbonyl (C=O) groups excluding carboxylic acids is 2. The van der Waals surface area contributed by atoms with Gasteiger partial charge in [0.25, 0.3) is 5.91 Å². The molecule has 0 unspecified atom stereocenters. The van der Waals surface area contributed by atoms with Crippen LogP contribution < -0.4 is 4.74 Å². The predicted octanol–water partition coefficient (Wildman–Crippen LogP) is 4.13. The minimum atomic E-state index is -4.85. The zero-order chi connectivity index (χ0) is 28.4. The second-order valence-corrected chi connectivity index (χ2v) is 10.3. The lowest BCUT2D eigenvalue weighted by atomic mass is 9.88. The molecule has 1 aromatic carbocycles. The number of fused-ring (bicyclic) bond motifs is 1. The maximum atomic E-state index is 13.5. The Morgan fingerprint density at radius 1 is 1.13 bits per heavy atom. The van der Waals surface area contributed by atoms with Crippen LogP contribution in [0.1, 0.15) is 55.4 Å². The van der Waals surface area contributed by atoms with E-state index in [9.17, 15) is 22.8 Å². The monoisotopic (exact) mass is 551 g/mol. The quantitative estimate of drug-likeness (QED) is 0.475. The Hall–Kier alpha value is -3.38. The number of benzene rings is 1. The van der Waals surface area contributed by atoms with Gasteiger partial charge in [0.1, 0.15) is 29.4 Å². The molecule has 0 radical (unpaired) electrons. The van der Waals surface area contributed by atoms with Crippen LogP contribution in [0.25, 0.3) is 5.57 Å². The minimum Gasteiger partial charge on any atom is -0.492 e. The highest BCUT2D eigenvalue weighted by molar-refractivity contribution is 6.17. The summed E-state index contributed by atoms with van der Waals surface area (Å²) in [5, 5.41) is 0. The first-order chi connectivity index (χ1) is 18.3. The fourth-order valence-corrected chi connectivity index (χ4v) is 4.38. The van der Waals surface area contributed by atoms with Gasteiger partial charge in [0.15, 0.2) is 0 Å². The zero-order valence-corrected chi connectivity index (χ0v) is 22.3. The number of alkyl halides is 3. The van der Waals surface area contributed by atoms with Crippen molar-refractivity contribution in [1.29, 1.82) is 0 Å². The number of amides is 1. The van der Waals surface area contributed by atoms with Crippen molar-refractivity contribution in [3.8, 4) is 5.75 Å². The van der Waals surface area contributed by atoms with Crippen molar-refractivity contribution in [2.75, 3.05) is 46.0 Å². The summed E-state index contributed by atoms with van der Waals surface area (Å²) < 4.78 is 61.8. The van der Waals surface area contributed by atoms with E-state index in [1.54, 1.807) is 52.0 Å². The normalized spacial score (nSPS) is 17.8. The molecule has 0 bridgehead atoms. The van der Waals surface area contributed by atoms with Gasteiger partial charge >= 0.3 is 18.0 Å². The summed E-state index contributed by atoms with van der Waals surface area (Å²) in [5.41, 5.74) is -1.39. The fourth-order valence-electron chi connectivity index (χ4n) is 4.38. The van der Waals surface area contributed by atoms with E-state index < -0.39 is 35.5 Å². The highest BCUT2D eigenvalue weighted by Gasteiger charge is 2.45. The molecule has 212 valence electrons. The van der Waals surface area contributed by atoms with Crippen LogP contribution in [0.3, 0.4) is 0 Å². The SMILES string of the molecule is CC(C)OC(=O)C1=CN(C(=O)c2ccc(OCCN3CCOCC3)cc2)CC(C)(C)c2oc(C(F)(F)F)nc21. The molecule has 39 heavy (non-hydrogen) atoms. The van der Waals surface area contributed by atoms with Crippen LogP contribution in [0, 0.1) is 0 Å². The van der Waals surface area contributed by atoms with Gasteiger partial charge in [0.05, 0.1) is 19.3 Å². The summed E-state index contributed by atoms with van der Waals surface area (Å²) in [6, 6.07) is 6.55. The first-order valence-electron chi connectivity index (χ1n) is 12.7. The fraction of sp³-hybridized carbons (Fsp3) is 0.519. The van der Waals surface area contributed by atoms with Crippen LogP contribution in [-0.2, 0) is 25.9 Å². The number of ether oxygens (including phenoxy) is 3. The average Bonchev–Trinajstić information content (AvgIpc) is 3.30. The first kappa shape index (κ1) is 28.6. The van der Waals surface area contributed by atoms with Gasteiger partial charge in [0.2, 0.25) is 0 Å².